The van der Waals surface area contributed by atoms with Crippen LogP contribution in [0.4, 0.5) is 0 Å². The Morgan fingerprint density at radius 3 is 2.29 bits per heavy atom. The smallest absolute Gasteiger partial charge is 0.0789 e. The zero-order chi connectivity index (χ0) is 5.91. The predicted molar refractivity (Wildman–Crippen MR) is 39.7 cm³/mol. The molecule has 0 aliphatic rings. The van der Waals surface area contributed by atoms with E-state index in [1.54, 1.807) is 0 Å². The van der Waals surface area contributed by atoms with Gasteiger partial charge in [-0.15, -0.1) is 0 Å². The summed E-state index contributed by atoms with van der Waals surface area (Å²) in [6, 6.07) is 0. The Morgan fingerprint density at radius 1 is 1.86 bits per heavy atom. The van der Waals surface area contributed by atoms with Gasteiger partial charge in [0.25, 0.3) is 0 Å². The second-order valence-electron chi connectivity index (χ2n) is 1.29. The minimum atomic E-state index is -2.15. The van der Waals surface area contributed by atoms with Crippen LogP contribution in [-0.4, -0.2) is 9.96 Å². The number of hydrogen-bond acceptors (Lipinski definition) is 2. The minimum Gasteiger partial charge on any atom is -0.246 e. The third-order valence-electron chi connectivity index (χ3n) is 0.462. The van der Waals surface area contributed by atoms with Gasteiger partial charge in [-0.25, -0.2) is 4.21 Å². The van der Waals surface area contributed by atoms with Crippen molar-refractivity contribution in [3.63, 3.8) is 0 Å². The predicted octanol–water partition coefficient (Wildman–Crippen LogP) is 0.988. The van der Waals surface area contributed by atoms with Crippen LogP contribution in [0.1, 0.15) is 13.3 Å². The second kappa shape index (κ2) is 2.89. The van der Waals surface area contributed by atoms with Crippen LogP contribution < -0.4 is 0 Å². The highest BCUT2D eigenvalue weighted by molar-refractivity contribution is 8.79. The first-order chi connectivity index (χ1) is 3.06. The lowest BCUT2D eigenvalue weighted by atomic mass is 10.6. The molecule has 7 heavy (non-hydrogen) atoms. The monoisotopic (exact) mass is 156 g/mol. The van der Waals surface area contributed by atoms with E-state index in [0.717, 1.165) is 6.42 Å². The highest BCUT2D eigenvalue weighted by Gasteiger charge is 1.92. The van der Waals surface area contributed by atoms with Crippen molar-refractivity contribution >= 4 is 30.4 Å². The van der Waals surface area contributed by atoms with Crippen molar-refractivity contribution in [3.05, 3.63) is 0 Å². The number of thiol groups is 1. The van der Waals surface area contributed by atoms with Crippen LogP contribution in [-0.2, 0) is 18.7 Å². The number of hydrogen-bond donors (Lipinski definition) is 1. The van der Waals surface area contributed by atoms with Crippen LogP contribution in [0.2, 0.25) is 0 Å². The average Bonchev–Trinajstić information content (AvgIpc) is 1.30. The van der Waals surface area contributed by atoms with Crippen molar-refractivity contribution in [3.8, 4) is 0 Å². The molecule has 0 radical (unpaired) electrons. The molecule has 1 unspecified atom stereocenters. The maximum Gasteiger partial charge on any atom is 0.0789 e. The average molecular weight is 156 g/mol. The molecule has 0 aromatic carbocycles. The topological polar surface area (TPSA) is 17.1 Å². The zero-order valence-corrected chi connectivity index (χ0v) is 6.61. The molecule has 44 valence electrons. The van der Waals surface area contributed by atoms with E-state index in [1.807, 2.05) is 6.92 Å². The fourth-order valence-corrected chi connectivity index (χ4v) is 1.82. The molecule has 0 saturated heterocycles. The largest absolute Gasteiger partial charge is 0.246 e. The van der Waals surface area contributed by atoms with E-state index in [0.29, 0.717) is 5.75 Å². The Morgan fingerprint density at radius 2 is 2.29 bits per heavy atom. The van der Waals surface area contributed by atoms with E-state index < -0.39 is 7.52 Å². The molecule has 0 aromatic rings. The van der Waals surface area contributed by atoms with Crippen molar-refractivity contribution in [2.45, 2.75) is 13.3 Å². The molecule has 0 amide bonds. The fourth-order valence-electron chi connectivity index (χ4n) is 0.258. The van der Waals surface area contributed by atoms with Crippen LogP contribution in [0.15, 0.2) is 0 Å². The van der Waals surface area contributed by atoms with Gasteiger partial charge in [-0.1, -0.05) is 18.6 Å². The van der Waals surface area contributed by atoms with Crippen molar-refractivity contribution in [2.24, 2.45) is 0 Å². The summed E-state index contributed by atoms with van der Waals surface area (Å²) in [5, 5.41) is 0. The summed E-state index contributed by atoms with van der Waals surface area (Å²) in [5.41, 5.74) is 0. The van der Waals surface area contributed by atoms with Crippen LogP contribution in [0, 0.1) is 0 Å². The molecule has 0 saturated carbocycles. The van der Waals surface area contributed by atoms with Gasteiger partial charge in [-0.3, -0.25) is 0 Å². The summed E-state index contributed by atoms with van der Waals surface area (Å²) in [4.78, 5) is 0. The molecule has 0 heterocycles. The van der Waals surface area contributed by atoms with E-state index in [1.165, 1.54) is 0 Å². The highest BCUT2D eigenvalue weighted by atomic mass is 33.3. The Kier molecular flexibility index (Phi) is 3.19. The van der Waals surface area contributed by atoms with Gasteiger partial charge in [0.05, 0.1) is 7.52 Å². The summed E-state index contributed by atoms with van der Waals surface area (Å²) in [5.74, 6) is 0.547. The molecular weight excluding hydrogens is 148 g/mol. The van der Waals surface area contributed by atoms with Gasteiger partial charge < -0.3 is 0 Å². The summed E-state index contributed by atoms with van der Waals surface area (Å²) in [7, 11) is -2.15. The van der Waals surface area contributed by atoms with Gasteiger partial charge >= 0.3 is 0 Å². The summed E-state index contributed by atoms with van der Waals surface area (Å²) in [6.07, 6.45) is 0.853. The quantitative estimate of drug-likeness (QED) is 0.474. The SMILES string of the molecule is CCCS(=O)(=S)S. The third kappa shape index (κ3) is 6.72. The Hall–Kier alpha value is 0.720. The normalized spacial score (nSPS) is 18.6. The zero-order valence-electron chi connectivity index (χ0n) is 4.09. The van der Waals surface area contributed by atoms with Gasteiger partial charge in [-0.05, 0) is 17.6 Å². The lowest BCUT2D eigenvalue weighted by Gasteiger charge is -1.89. The standard InChI is InChI=1S/C3H8OS3/c1-2-3-7(4,5)6/h2-3H2,1H3,(H,4,5,6). The van der Waals surface area contributed by atoms with Gasteiger partial charge in [-0.2, -0.15) is 0 Å². The Labute approximate surface area is 54.0 Å². The molecule has 0 rings (SSSR count). The second-order valence-corrected chi connectivity index (χ2v) is 6.98. The van der Waals surface area contributed by atoms with Gasteiger partial charge in [0.1, 0.15) is 0 Å². The van der Waals surface area contributed by atoms with Crippen molar-refractivity contribution in [1.29, 1.82) is 0 Å². The molecule has 0 aromatic heterocycles. The first-order valence-corrected chi connectivity index (χ1v) is 5.72. The molecule has 1 nitrogen and oxygen atoms in total. The van der Waals surface area contributed by atoms with Gasteiger partial charge in [0.15, 0.2) is 0 Å². The van der Waals surface area contributed by atoms with E-state index in [-0.39, 0.29) is 0 Å². The van der Waals surface area contributed by atoms with Gasteiger partial charge in [0.2, 0.25) is 0 Å². The highest BCUT2D eigenvalue weighted by Crippen LogP contribution is 1.96. The molecule has 0 N–H and O–H groups in total. The third-order valence-corrected chi connectivity index (χ3v) is 2.43. The maximum absolute atomic E-state index is 10.5. The van der Waals surface area contributed by atoms with E-state index in [2.05, 4.69) is 22.8 Å². The van der Waals surface area contributed by atoms with E-state index in [4.69, 9.17) is 0 Å². The number of rotatable bonds is 2. The molecule has 0 aliphatic heterocycles. The van der Waals surface area contributed by atoms with Gasteiger partial charge in [0, 0.05) is 5.75 Å². The lowest BCUT2D eigenvalue weighted by Crippen LogP contribution is -1.91. The summed E-state index contributed by atoms with van der Waals surface area (Å²) in [6.45, 7) is 1.93. The Bertz CT molecular complexity index is 123. The van der Waals surface area contributed by atoms with Crippen molar-refractivity contribution in [1.82, 2.24) is 0 Å². The lowest BCUT2D eigenvalue weighted by molar-refractivity contribution is 0.689. The molecular formula is C3H8OS3. The van der Waals surface area contributed by atoms with Crippen LogP contribution in [0.3, 0.4) is 0 Å². The Balaban J connectivity index is 3.60. The fraction of sp³-hybridized carbons (Fsp3) is 1.00. The minimum absolute atomic E-state index is 0.547. The van der Waals surface area contributed by atoms with E-state index >= 15 is 0 Å². The van der Waals surface area contributed by atoms with Crippen LogP contribution in [0.25, 0.3) is 0 Å². The first kappa shape index (κ1) is 7.72. The maximum atomic E-state index is 10.5. The van der Waals surface area contributed by atoms with Crippen LogP contribution in [0.5, 0.6) is 0 Å². The molecule has 0 fully saturated rings. The molecule has 0 spiro atoms. The van der Waals surface area contributed by atoms with Crippen LogP contribution >= 0.6 is 11.7 Å². The summed E-state index contributed by atoms with van der Waals surface area (Å²) >= 11 is 8.15. The molecule has 1 atom stereocenters. The molecule has 0 bridgehead atoms. The molecule has 0 aliphatic carbocycles. The van der Waals surface area contributed by atoms with Crippen molar-refractivity contribution in [2.75, 3.05) is 5.75 Å². The summed E-state index contributed by atoms with van der Waals surface area (Å²) < 4.78 is 10.5. The molecule has 4 heteroatoms. The van der Waals surface area contributed by atoms with Crippen molar-refractivity contribution < 1.29 is 4.21 Å². The van der Waals surface area contributed by atoms with E-state index in [9.17, 15) is 4.21 Å². The first-order valence-electron chi connectivity index (χ1n) is 2.01.